The highest BCUT2D eigenvalue weighted by molar-refractivity contribution is 5.86. The Morgan fingerprint density at radius 1 is 1.22 bits per heavy atom. The van der Waals surface area contributed by atoms with E-state index in [1.165, 1.54) is 6.33 Å². The molecule has 2 amide bonds. The highest BCUT2D eigenvalue weighted by Crippen LogP contribution is 2.37. The third kappa shape index (κ3) is 4.83. The summed E-state index contributed by atoms with van der Waals surface area (Å²) >= 11 is 0. The van der Waals surface area contributed by atoms with Crippen LogP contribution < -0.4 is 5.32 Å². The summed E-state index contributed by atoms with van der Waals surface area (Å²) in [6.45, 7) is 5.65. The van der Waals surface area contributed by atoms with Crippen LogP contribution >= 0.6 is 0 Å². The van der Waals surface area contributed by atoms with Crippen LogP contribution in [0.25, 0.3) is 11.1 Å². The van der Waals surface area contributed by atoms with Crippen molar-refractivity contribution in [3.05, 3.63) is 48.5 Å². The largest absolute Gasteiger partial charge is 0.368 e. The van der Waals surface area contributed by atoms with Crippen molar-refractivity contribution < 1.29 is 14.3 Å². The number of piperidine rings is 1. The van der Waals surface area contributed by atoms with Crippen LogP contribution in [0.3, 0.4) is 0 Å². The summed E-state index contributed by atoms with van der Waals surface area (Å²) in [7, 11) is 0. The van der Waals surface area contributed by atoms with E-state index in [4.69, 9.17) is 4.74 Å². The fourth-order valence-electron chi connectivity index (χ4n) is 4.88. The highest BCUT2D eigenvalue weighted by Gasteiger charge is 2.45. The molecule has 2 aliphatic heterocycles. The molecule has 1 aromatic heterocycles. The van der Waals surface area contributed by atoms with Gasteiger partial charge in [0.15, 0.2) is 0 Å². The highest BCUT2D eigenvalue weighted by atomic mass is 16.5. The normalized spacial score (nSPS) is 23.3. The van der Waals surface area contributed by atoms with Gasteiger partial charge in [0.1, 0.15) is 12.4 Å². The van der Waals surface area contributed by atoms with Crippen LogP contribution in [-0.2, 0) is 20.7 Å². The molecule has 170 valence electrons. The lowest BCUT2D eigenvalue weighted by Gasteiger charge is -2.43. The van der Waals surface area contributed by atoms with Gasteiger partial charge in [-0.05, 0) is 57.1 Å². The quantitative estimate of drug-likeness (QED) is 0.753. The van der Waals surface area contributed by atoms with E-state index in [-0.39, 0.29) is 24.0 Å². The van der Waals surface area contributed by atoms with Crippen molar-refractivity contribution in [3.8, 4) is 11.1 Å². The number of nitrogens with one attached hydrogen (secondary N) is 1. The van der Waals surface area contributed by atoms with E-state index in [0.29, 0.717) is 26.1 Å². The smallest absolute Gasteiger partial charge is 0.251 e. The van der Waals surface area contributed by atoms with Gasteiger partial charge in [-0.1, -0.05) is 24.3 Å². The minimum Gasteiger partial charge on any atom is -0.368 e. The number of aromatic nitrogens is 2. The summed E-state index contributed by atoms with van der Waals surface area (Å²) < 4.78 is 5.65. The van der Waals surface area contributed by atoms with Crippen LogP contribution in [-0.4, -0.2) is 58.5 Å². The molecule has 2 atom stereocenters. The van der Waals surface area contributed by atoms with Gasteiger partial charge >= 0.3 is 0 Å². The van der Waals surface area contributed by atoms with E-state index in [9.17, 15) is 9.59 Å². The number of amides is 2. The van der Waals surface area contributed by atoms with Gasteiger partial charge < -0.3 is 15.0 Å². The Labute approximate surface area is 189 Å². The Morgan fingerprint density at radius 3 is 2.72 bits per heavy atom. The predicted molar refractivity (Wildman–Crippen MR) is 122 cm³/mol. The minimum absolute atomic E-state index is 0.0106. The van der Waals surface area contributed by atoms with Gasteiger partial charge in [-0.2, -0.15) is 0 Å². The maximum Gasteiger partial charge on any atom is 0.251 e. The Morgan fingerprint density at radius 2 is 2.00 bits per heavy atom. The Kier molecular flexibility index (Phi) is 6.84. The predicted octanol–water partition coefficient (Wildman–Crippen LogP) is 3.00. The van der Waals surface area contributed by atoms with Crippen molar-refractivity contribution in [1.82, 2.24) is 20.2 Å². The molecule has 2 aromatic rings. The third-order valence-electron chi connectivity index (χ3n) is 6.41. The van der Waals surface area contributed by atoms with E-state index in [1.54, 1.807) is 12.4 Å². The molecule has 2 saturated heterocycles. The first-order chi connectivity index (χ1) is 15.5. The first-order valence-electron chi connectivity index (χ1n) is 11.5. The van der Waals surface area contributed by atoms with E-state index in [2.05, 4.69) is 21.4 Å². The van der Waals surface area contributed by atoms with Crippen molar-refractivity contribution in [3.63, 3.8) is 0 Å². The number of carbonyl (C=O) groups is 2. The van der Waals surface area contributed by atoms with E-state index >= 15 is 0 Å². The van der Waals surface area contributed by atoms with Crippen LogP contribution in [0.1, 0.15) is 45.1 Å². The lowest BCUT2D eigenvalue weighted by molar-refractivity contribution is -0.148. The maximum atomic E-state index is 13.6. The molecule has 7 nitrogen and oxygen atoms in total. The second-order valence-electron chi connectivity index (χ2n) is 9.23. The molecule has 7 heteroatoms. The standard InChI is InChI=1S/C25H32N4O3/c1-18(2)28-24(31)25(10-6-11-29(16-25)23(30)22-9-5-12-32-22)13-19-7-3-4-8-21(19)20-14-26-17-27-15-20/h3-4,7-8,14-15,17-18,22H,5-6,9-13,16H2,1-2H3,(H,28,31). The lowest BCUT2D eigenvalue weighted by atomic mass is 9.73. The number of carbonyl (C=O) groups excluding carboxylic acids is 2. The van der Waals surface area contributed by atoms with Gasteiger partial charge in [-0.25, -0.2) is 9.97 Å². The van der Waals surface area contributed by atoms with E-state index < -0.39 is 5.41 Å². The average Bonchev–Trinajstić information content (AvgIpc) is 3.34. The Bertz CT molecular complexity index is 943. The molecular formula is C25H32N4O3. The number of hydrogen-bond acceptors (Lipinski definition) is 5. The molecule has 2 aliphatic rings. The second-order valence-corrected chi connectivity index (χ2v) is 9.23. The minimum atomic E-state index is -0.692. The summed E-state index contributed by atoms with van der Waals surface area (Å²) in [5, 5.41) is 3.13. The molecule has 0 spiro atoms. The van der Waals surface area contributed by atoms with Gasteiger partial charge in [-0.3, -0.25) is 9.59 Å². The summed E-state index contributed by atoms with van der Waals surface area (Å²) in [4.78, 5) is 36.9. The zero-order valence-electron chi connectivity index (χ0n) is 18.9. The number of ether oxygens (including phenoxy) is 1. The second kappa shape index (κ2) is 9.77. The summed E-state index contributed by atoms with van der Waals surface area (Å²) in [6, 6.07) is 8.12. The fourth-order valence-corrected chi connectivity index (χ4v) is 4.88. The fraction of sp³-hybridized carbons (Fsp3) is 0.520. The Balaban J connectivity index is 1.66. The molecule has 0 radical (unpaired) electrons. The van der Waals surface area contributed by atoms with Crippen molar-refractivity contribution in [2.75, 3.05) is 19.7 Å². The zero-order chi connectivity index (χ0) is 22.6. The molecule has 1 aromatic carbocycles. The zero-order valence-corrected chi connectivity index (χ0v) is 18.9. The van der Waals surface area contributed by atoms with E-state index in [1.807, 2.05) is 36.9 Å². The molecule has 32 heavy (non-hydrogen) atoms. The van der Waals surface area contributed by atoms with Gasteiger partial charge in [0.2, 0.25) is 5.91 Å². The van der Waals surface area contributed by atoms with Crippen molar-refractivity contribution in [2.24, 2.45) is 5.41 Å². The molecule has 4 rings (SSSR count). The molecule has 1 N–H and O–H groups in total. The summed E-state index contributed by atoms with van der Waals surface area (Å²) in [6.07, 6.45) is 8.48. The summed E-state index contributed by atoms with van der Waals surface area (Å²) in [5.41, 5.74) is 2.31. The monoisotopic (exact) mass is 436 g/mol. The molecule has 2 unspecified atom stereocenters. The molecule has 0 saturated carbocycles. The SMILES string of the molecule is CC(C)NC(=O)C1(Cc2ccccc2-c2cncnc2)CCCN(C(=O)C2CCCO2)C1. The van der Waals surface area contributed by atoms with Crippen LogP contribution in [0.5, 0.6) is 0 Å². The van der Waals surface area contributed by atoms with Gasteiger partial charge in [0, 0.05) is 43.7 Å². The Hall–Kier alpha value is -2.80. The van der Waals surface area contributed by atoms with Crippen LogP contribution in [0.2, 0.25) is 0 Å². The molecular weight excluding hydrogens is 404 g/mol. The molecule has 3 heterocycles. The maximum absolute atomic E-state index is 13.6. The van der Waals surface area contributed by atoms with Crippen LogP contribution in [0.4, 0.5) is 0 Å². The third-order valence-corrected chi connectivity index (χ3v) is 6.41. The molecule has 0 bridgehead atoms. The average molecular weight is 437 g/mol. The first-order valence-corrected chi connectivity index (χ1v) is 11.5. The van der Waals surface area contributed by atoms with Crippen molar-refractivity contribution >= 4 is 11.8 Å². The van der Waals surface area contributed by atoms with Crippen molar-refractivity contribution in [2.45, 2.75) is 58.1 Å². The van der Waals surface area contributed by atoms with Gasteiger partial charge in [0.25, 0.3) is 5.91 Å². The summed E-state index contributed by atoms with van der Waals surface area (Å²) in [5.74, 6) is 0.0325. The van der Waals surface area contributed by atoms with Crippen LogP contribution in [0.15, 0.2) is 43.0 Å². The van der Waals surface area contributed by atoms with Crippen molar-refractivity contribution in [1.29, 1.82) is 0 Å². The number of rotatable bonds is 6. The topological polar surface area (TPSA) is 84.4 Å². The van der Waals surface area contributed by atoms with Gasteiger partial charge in [0.05, 0.1) is 5.41 Å². The lowest BCUT2D eigenvalue weighted by Crippen LogP contribution is -2.56. The number of likely N-dealkylation sites (tertiary alicyclic amines) is 1. The number of hydrogen-bond donors (Lipinski definition) is 1. The van der Waals surface area contributed by atoms with E-state index in [0.717, 1.165) is 42.4 Å². The number of nitrogens with zero attached hydrogens (tertiary/aromatic N) is 3. The molecule has 2 fully saturated rings. The van der Waals surface area contributed by atoms with Crippen LogP contribution in [0, 0.1) is 5.41 Å². The first kappa shape index (κ1) is 22.4. The number of benzene rings is 1. The molecule has 0 aliphatic carbocycles. The van der Waals surface area contributed by atoms with Gasteiger partial charge in [-0.15, -0.1) is 0 Å².